The van der Waals surface area contributed by atoms with Crippen LogP contribution in [0, 0.1) is 0 Å². The van der Waals surface area contributed by atoms with Crippen molar-refractivity contribution >= 4 is 5.97 Å². The highest BCUT2D eigenvalue weighted by Gasteiger charge is 2.71. The summed E-state index contributed by atoms with van der Waals surface area (Å²) in [6, 6.07) is 18.2. The summed E-state index contributed by atoms with van der Waals surface area (Å²) in [7, 11) is 0. The number of carboxylic acids is 1. The summed E-state index contributed by atoms with van der Waals surface area (Å²) in [5, 5.41) is 18.4. The number of ether oxygens (including phenoxy) is 2. The van der Waals surface area contributed by atoms with E-state index in [0.29, 0.717) is 29.9 Å². The number of rotatable bonds is 10. The minimum Gasteiger partial charge on any atom is -0.490 e. The topological polar surface area (TPSA) is 76.0 Å². The lowest BCUT2D eigenvalue weighted by Gasteiger charge is -2.32. The second kappa shape index (κ2) is 11.1. The molecule has 3 aromatic rings. The van der Waals surface area contributed by atoms with Crippen LogP contribution in [0.1, 0.15) is 16.7 Å². The Morgan fingerprint density at radius 3 is 1.81 bits per heavy atom. The molecule has 2 N–H and O–H groups in total. The molecule has 0 fully saturated rings. The zero-order valence-corrected chi connectivity index (χ0v) is 19.1. The van der Waals surface area contributed by atoms with E-state index < -0.39 is 35.6 Å². The van der Waals surface area contributed by atoms with Gasteiger partial charge in [-0.1, -0.05) is 54.6 Å². The summed E-state index contributed by atoms with van der Waals surface area (Å²) < 4.78 is 90.4. The first kappa shape index (κ1) is 27.9. The van der Waals surface area contributed by atoms with Crippen LogP contribution in [0.25, 0.3) is 0 Å². The molecule has 0 spiro atoms. The van der Waals surface area contributed by atoms with E-state index in [9.17, 15) is 36.2 Å². The molecule has 3 aromatic carbocycles. The highest BCUT2D eigenvalue weighted by atomic mass is 19.4. The second-order valence-electron chi connectivity index (χ2n) is 8.19. The SMILES string of the molecule is O=C(O)Cc1ccc(OCC(Cc2ccccc2)Oc2ccc(C(O)(C(F)(F)F)C(F)(F)F)cc2)cc1. The van der Waals surface area contributed by atoms with Gasteiger partial charge in [-0.25, -0.2) is 0 Å². The maximum absolute atomic E-state index is 13.1. The number of carboxylic acid groups (broad SMARTS) is 1. The van der Waals surface area contributed by atoms with Crippen LogP contribution >= 0.6 is 0 Å². The van der Waals surface area contributed by atoms with Gasteiger partial charge >= 0.3 is 18.3 Å². The Hall–Kier alpha value is -3.73. The molecule has 0 aliphatic heterocycles. The van der Waals surface area contributed by atoms with Gasteiger partial charge in [0.2, 0.25) is 0 Å². The van der Waals surface area contributed by atoms with Crippen molar-refractivity contribution in [2.45, 2.75) is 36.9 Å². The third-order valence-electron chi connectivity index (χ3n) is 5.42. The minimum absolute atomic E-state index is 0.0308. The van der Waals surface area contributed by atoms with Gasteiger partial charge in [-0.15, -0.1) is 0 Å². The Kier molecular flexibility index (Phi) is 8.37. The molecular weight excluding hydrogens is 506 g/mol. The summed E-state index contributed by atoms with van der Waals surface area (Å²) in [4.78, 5) is 10.8. The van der Waals surface area contributed by atoms with Gasteiger partial charge in [-0.2, -0.15) is 26.3 Å². The van der Waals surface area contributed by atoms with Gasteiger partial charge in [0.25, 0.3) is 5.60 Å². The normalized spacial score (nSPS) is 13.2. The van der Waals surface area contributed by atoms with Gasteiger partial charge in [0.1, 0.15) is 24.2 Å². The molecule has 37 heavy (non-hydrogen) atoms. The highest BCUT2D eigenvalue weighted by Crippen LogP contribution is 2.50. The molecule has 0 saturated heterocycles. The quantitative estimate of drug-likeness (QED) is 0.331. The average molecular weight is 528 g/mol. The van der Waals surface area contributed by atoms with E-state index in [1.54, 1.807) is 42.5 Å². The van der Waals surface area contributed by atoms with Crippen LogP contribution in [-0.4, -0.2) is 41.2 Å². The molecule has 0 aromatic heterocycles. The number of carbonyl (C=O) groups is 1. The molecule has 0 radical (unpaired) electrons. The molecule has 0 aliphatic rings. The predicted molar refractivity (Wildman–Crippen MR) is 120 cm³/mol. The molecular formula is C26H22F6O5. The second-order valence-corrected chi connectivity index (χ2v) is 8.19. The lowest BCUT2D eigenvalue weighted by atomic mass is 9.92. The maximum Gasteiger partial charge on any atom is 0.430 e. The number of aliphatic carboxylic acids is 1. The first-order chi connectivity index (χ1) is 17.3. The van der Waals surface area contributed by atoms with Crippen LogP contribution in [0.4, 0.5) is 26.3 Å². The summed E-state index contributed by atoms with van der Waals surface area (Å²) in [5.41, 5.74) is -5.02. The van der Waals surface area contributed by atoms with Gasteiger partial charge in [-0.05, 0) is 35.4 Å². The van der Waals surface area contributed by atoms with Gasteiger partial charge in [0.15, 0.2) is 0 Å². The fourth-order valence-corrected chi connectivity index (χ4v) is 3.53. The monoisotopic (exact) mass is 528 g/mol. The molecule has 1 atom stereocenters. The number of halogens is 6. The lowest BCUT2D eigenvalue weighted by Crippen LogP contribution is -2.53. The summed E-state index contributed by atoms with van der Waals surface area (Å²) >= 11 is 0. The first-order valence-electron chi connectivity index (χ1n) is 10.9. The molecule has 0 amide bonds. The number of aliphatic hydroxyl groups is 1. The smallest absolute Gasteiger partial charge is 0.430 e. The largest absolute Gasteiger partial charge is 0.490 e. The van der Waals surface area contributed by atoms with Crippen molar-refractivity contribution in [3.63, 3.8) is 0 Å². The number of hydrogen-bond acceptors (Lipinski definition) is 4. The zero-order chi connectivity index (χ0) is 27.3. The Morgan fingerprint density at radius 2 is 1.30 bits per heavy atom. The Balaban J connectivity index is 1.77. The third kappa shape index (κ3) is 6.94. The molecule has 5 nitrogen and oxygen atoms in total. The molecule has 0 bridgehead atoms. The lowest BCUT2D eigenvalue weighted by molar-refractivity contribution is -0.376. The van der Waals surface area contributed by atoms with Crippen LogP contribution in [-0.2, 0) is 23.2 Å². The molecule has 198 valence electrons. The highest BCUT2D eigenvalue weighted by molar-refractivity contribution is 5.70. The third-order valence-corrected chi connectivity index (χ3v) is 5.42. The van der Waals surface area contributed by atoms with Gasteiger partial charge in [-0.3, -0.25) is 4.79 Å². The van der Waals surface area contributed by atoms with Crippen molar-refractivity contribution in [1.29, 1.82) is 0 Å². The minimum atomic E-state index is -5.99. The van der Waals surface area contributed by atoms with Crippen molar-refractivity contribution in [2.24, 2.45) is 0 Å². The predicted octanol–water partition coefficient (Wildman–Crippen LogP) is 5.70. The summed E-state index contributed by atoms with van der Waals surface area (Å²) in [6.45, 7) is -0.0377. The van der Waals surface area contributed by atoms with Crippen LogP contribution in [0.3, 0.4) is 0 Å². The van der Waals surface area contributed by atoms with Crippen molar-refractivity contribution < 1.29 is 50.8 Å². The van der Waals surface area contributed by atoms with Crippen LogP contribution < -0.4 is 9.47 Å². The standard InChI is InChI=1S/C26H22F6O5/c27-25(28,29)24(35,26(30,31)32)19-8-12-21(13-9-19)37-22(14-17-4-2-1-3-5-17)16-36-20-10-6-18(7-11-20)15-23(33)34/h1-13,22,35H,14-16H2,(H,33,34). The molecule has 1 unspecified atom stereocenters. The molecule has 0 heterocycles. The van der Waals surface area contributed by atoms with Gasteiger partial charge < -0.3 is 19.7 Å². The van der Waals surface area contributed by atoms with E-state index >= 15 is 0 Å². The number of hydrogen-bond donors (Lipinski definition) is 2. The fraction of sp³-hybridized carbons (Fsp3) is 0.269. The molecule has 3 rings (SSSR count). The van der Waals surface area contributed by atoms with Crippen LogP contribution in [0.2, 0.25) is 0 Å². The van der Waals surface area contributed by atoms with E-state index in [0.717, 1.165) is 17.7 Å². The van der Waals surface area contributed by atoms with Crippen molar-refractivity contribution in [2.75, 3.05) is 6.61 Å². The molecule has 0 saturated carbocycles. The first-order valence-corrected chi connectivity index (χ1v) is 10.9. The maximum atomic E-state index is 13.1. The van der Waals surface area contributed by atoms with E-state index in [1.807, 2.05) is 12.1 Å². The van der Waals surface area contributed by atoms with E-state index in [-0.39, 0.29) is 18.8 Å². The van der Waals surface area contributed by atoms with Crippen LogP contribution in [0.15, 0.2) is 78.9 Å². The Bertz CT molecular complexity index is 1150. The summed E-state index contributed by atoms with van der Waals surface area (Å²) in [5.74, 6) is -0.608. The van der Waals surface area contributed by atoms with Crippen molar-refractivity contribution in [3.8, 4) is 11.5 Å². The fourth-order valence-electron chi connectivity index (χ4n) is 3.53. The number of benzene rings is 3. The molecule has 11 heteroatoms. The zero-order valence-electron chi connectivity index (χ0n) is 19.1. The van der Waals surface area contributed by atoms with Crippen molar-refractivity contribution in [3.05, 3.63) is 95.6 Å². The Morgan fingerprint density at radius 1 is 0.757 bits per heavy atom. The van der Waals surface area contributed by atoms with E-state index in [4.69, 9.17) is 14.6 Å². The number of alkyl halides is 6. The van der Waals surface area contributed by atoms with Gasteiger partial charge in [0, 0.05) is 12.0 Å². The van der Waals surface area contributed by atoms with Crippen molar-refractivity contribution in [1.82, 2.24) is 0 Å². The molecule has 0 aliphatic carbocycles. The average Bonchev–Trinajstić information content (AvgIpc) is 2.82. The van der Waals surface area contributed by atoms with Gasteiger partial charge in [0.05, 0.1) is 6.42 Å². The van der Waals surface area contributed by atoms with Crippen LogP contribution in [0.5, 0.6) is 11.5 Å². The van der Waals surface area contributed by atoms with E-state index in [2.05, 4.69) is 0 Å². The summed E-state index contributed by atoms with van der Waals surface area (Å²) in [6.07, 6.45) is -12.5. The van der Waals surface area contributed by atoms with E-state index in [1.165, 1.54) is 0 Å². The Labute approximate surface area is 207 Å².